The Hall–Kier alpha value is -3.35. The van der Waals surface area contributed by atoms with E-state index in [1.165, 1.54) is 0 Å². The normalized spacial score (nSPS) is 11.0. The van der Waals surface area contributed by atoms with Crippen molar-refractivity contribution in [3.63, 3.8) is 0 Å². The number of fused-ring (bicyclic) bond motifs is 1. The topological polar surface area (TPSA) is 86.1 Å². The monoisotopic (exact) mass is 336 g/mol. The zero-order valence-corrected chi connectivity index (χ0v) is 14.0. The lowest BCUT2D eigenvalue weighted by molar-refractivity contribution is 0.394. The van der Waals surface area contributed by atoms with E-state index >= 15 is 0 Å². The number of rotatable bonds is 4. The number of aromatic nitrogens is 4. The lowest BCUT2D eigenvalue weighted by atomic mass is 10.1. The zero-order chi connectivity index (χ0) is 17.4. The van der Waals surface area contributed by atoms with Crippen molar-refractivity contribution in [3.05, 3.63) is 42.4 Å². The Morgan fingerprint density at radius 1 is 1.00 bits per heavy atom. The number of H-pyrrole nitrogens is 1. The summed E-state index contributed by atoms with van der Waals surface area (Å²) in [6.07, 6.45) is 1.59. The van der Waals surface area contributed by atoms with Gasteiger partial charge in [-0.15, -0.1) is 0 Å². The van der Waals surface area contributed by atoms with Crippen LogP contribution in [-0.4, -0.2) is 34.2 Å². The van der Waals surface area contributed by atoms with Gasteiger partial charge in [-0.3, -0.25) is 0 Å². The number of methoxy groups -OCH3 is 2. The van der Waals surface area contributed by atoms with Gasteiger partial charge in [-0.25, -0.2) is 15.0 Å². The van der Waals surface area contributed by atoms with Gasteiger partial charge in [0.2, 0.25) is 0 Å². The molecule has 3 aromatic heterocycles. The number of nitrogens with one attached hydrogen (secondary N) is 1. The van der Waals surface area contributed by atoms with Crippen molar-refractivity contribution in [2.24, 2.45) is 0 Å². The average Bonchev–Trinajstić information content (AvgIpc) is 3.28. The maximum atomic E-state index is 5.66. The molecule has 0 amide bonds. The highest BCUT2D eigenvalue weighted by Crippen LogP contribution is 2.33. The second-order valence-electron chi connectivity index (χ2n) is 5.51. The van der Waals surface area contributed by atoms with Crippen LogP contribution in [0.3, 0.4) is 0 Å². The van der Waals surface area contributed by atoms with Gasteiger partial charge >= 0.3 is 0 Å². The van der Waals surface area contributed by atoms with Gasteiger partial charge in [0.05, 0.1) is 20.5 Å². The third kappa shape index (κ3) is 2.69. The quantitative estimate of drug-likeness (QED) is 0.613. The van der Waals surface area contributed by atoms with Crippen LogP contribution in [0.5, 0.6) is 11.5 Å². The van der Waals surface area contributed by atoms with E-state index in [2.05, 4.69) is 15.0 Å². The molecule has 3 heterocycles. The highest BCUT2D eigenvalue weighted by atomic mass is 16.5. The van der Waals surface area contributed by atoms with Gasteiger partial charge in [-0.2, -0.15) is 0 Å². The minimum Gasteiger partial charge on any atom is -0.497 e. The molecule has 0 radical (unpaired) electrons. The summed E-state index contributed by atoms with van der Waals surface area (Å²) in [5.41, 5.74) is 2.83. The Kier molecular flexibility index (Phi) is 3.61. The molecule has 7 nitrogen and oxygen atoms in total. The van der Waals surface area contributed by atoms with Crippen LogP contribution in [0.25, 0.3) is 34.0 Å². The van der Waals surface area contributed by atoms with E-state index in [0.29, 0.717) is 34.4 Å². The fraction of sp³-hybridized carbons (Fsp3) is 0.167. The van der Waals surface area contributed by atoms with Gasteiger partial charge in [0, 0.05) is 11.6 Å². The molecule has 0 atom stereocenters. The largest absolute Gasteiger partial charge is 0.497 e. The molecule has 126 valence electrons. The highest BCUT2D eigenvalue weighted by molar-refractivity contribution is 5.89. The highest BCUT2D eigenvalue weighted by Gasteiger charge is 2.16. The first kappa shape index (κ1) is 15.2. The van der Waals surface area contributed by atoms with Gasteiger partial charge in [0.15, 0.2) is 17.2 Å². The number of hydrogen-bond donors (Lipinski definition) is 1. The lowest BCUT2D eigenvalue weighted by Crippen LogP contribution is -1.95. The maximum absolute atomic E-state index is 5.66. The lowest BCUT2D eigenvalue weighted by Gasteiger charge is -2.09. The van der Waals surface area contributed by atoms with Crippen molar-refractivity contribution in [3.8, 4) is 34.3 Å². The number of aromatic amines is 1. The molecule has 0 aliphatic heterocycles. The maximum Gasteiger partial charge on any atom is 0.198 e. The number of hydrogen-bond acceptors (Lipinski definition) is 6. The second kappa shape index (κ2) is 5.94. The number of imidazole rings is 1. The summed E-state index contributed by atoms with van der Waals surface area (Å²) in [7, 11) is 3.22. The predicted octanol–water partition coefficient (Wildman–Crippen LogP) is 3.61. The van der Waals surface area contributed by atoms with Crippen molar-refractivity contribution in [1.82, 2.24) is 19.9 Å². The Labute approximate surface area is 143 Å². The molecule has 7 heteroatoms. The van der Waals surface area contributed by atoms with Crippen molar-refractivity contribution in [1.29, 1.82) is 0 Å². The van der Waals surface area contributed by atoms with Crippen LogP contribution in [0.1, 0.15) is 5.76 Å². The summed E-state index contributed by atoms with van der Waals surface area (Å²) in [6, 6.07) is 9.32. The molecule has 4 rings (SSSR count). The summed E-state index contributed by atoms with van der Waals surface area (Å²) in [4.78, 5) is 16.5. The third-order valence-corrected chi connectivity index (χ3v) is 3.87. The molecule has 0 saturated carbocycles. The van der Waals surface area contributed by atoms with Gasteiger partial charge in [-0.05, 0) is 31.2 Å². The minimum atomic E-state index is 0.476. The Morgan fingerprint density at radius 2 is 1.76 bits per heavy atom. The standard InChI is InChI=1S/C18H16N4O3/c1-10-4-5-14(25-10)17-21-15(16-18(22-17)20-9-19-16)11-6-12(23-2)8-13(7-11)24-3/h4-9H,1-3H3,(H,19,20,21,22). The number of aryl methyl sites for hydroxylation is 1. The Bertz CT molecular complexity index is 1030. The van der Waals surface area contributed by atoms with Gasteiger partial charge in [0.25, 0.3) is 0 Å². The van der Waals surface area contributed by atoms with E-state index in [1.54, 1.807) is 20.5 Å². The molecular formula is C18H16N4O3. The number of benzene rings is 1. The van der Waals surface area contributed by atoms with E-state index in [1.807, 2.05) is 37.3 Å². The first-order chi connectivity index (χ1) is 12.2. The van der Waals surface area contributed by atoms with Crippen LogP contribution in [0.2, 0.25) is 0 Å². The predicted molar refractivity (Wildman–Crippen MR) is 92.7 cm³/mol. The molecule has 0 aliphatic carbocycles. The fourth-order valence-electron chi connectivity index (χ4n) is 2.65. The summed E-state index contributed by atoms with van der Waals surface area (Å²) in [5, 5.41) is 0. The molecule has 0 fully saturated rings. The van der Waals surface area contributed by atoms with Crippen molar-refractivity contribution < 1.29 is 13.9 Å². The van der Waals surface area contributed by atoms with Crippen LogP contribution < -0.4 is 9.47 Å². The molecule has 0 aliphatic rings. The molecule has 4 aromatic rings. The van der Waals surface area contributed by atoms with Crippen LogP contribution >= 0.6 is 0 Å². The Morgan fingerprint density at radius 3 is 2.40 bits per heavy atom. The molecule has 0 spiro atoms. The van der Waals surface area contributed by atoms with E-state index in [4.69, 9.17) is 18.9 Å². The molecular weight excluding hydrogens is 320 g/mol. The van der Waals surface area contributed by atoms with Crippen LogP contribution in [0, 0.1) is 6.92 Å². The second-order valence-corrected chi connectivity index (χ2v) is 5.51. The van der Waals surface area contributed by atoms with Crippen molar-refractivity contribution in [2.45, 2.75) is 6.92 Å². The van der Waals surface area contributed by atoms with Gasteiger partial charge < -0.3 is 18.9 Å². The van der Waals surface area contributed by atoms with Crippen LogP contribution in [0.15, 0.2) is 41.1 Å². The van der Waals surface area contributed by atoms with Gasteiger partial charge in [0.1, 0.15) is 28.5 Å². The number of furan rings is 1. The van der Waals surface area contributed by atoms with E-state index in [9.17, 15) is 0 Å². The van der Waals surface area contributed by atoms with Crippen LogP contribution in [0.4, 0.5) is 0 Å². The summed E-state index contributed by atoms with van der Waals surface area (Å²) in [5.74, 6) is 3.22. The van der Waals surface area contributed by atoms with Crippen molar-refractivity contribution >= 4 is 11.2 Å². The molecule has 0 unspecified atom stereocenters. The fourth-order valence-corrected chi connectivity index (χ4v) is 2.65. The summed E-state index contributed by atoms with van der Waals surface area (Å²) < 4.78 is 16.4. The first-order valence-electron chi connectivity index (χ1n) is 7.69. The van der Waals surface area contributed by atoms with Crippen molar-refractivity contribution in [2.75, 3.05) is 14.2 Å². The summed E-state index contributed by atoms with van der Waals surface area (Å²) in [6.45, 7) is 1.88. The SMILES string of the molecule is COc1cc(OC)cc(-c2nc(-c3ccc(C)o3)nc3nc[nH]c23)c1. The molecule has 25 heavy (non-hydrogen) atoms. The number of nitrogens with zero attached hydrogens (tertiary/aromatic N) is 3. The Balaban J connectivity index is 1.96. The molecule has 0 saturated heterocycles. The molecule has 1 N–H and O–H groups in total. The van der Waals surface area contributed by atoms with E-state index in [-0.39, 0.29) is 0 Å². The molecule has 1 aromatic carbocycles. The third-order valence-electron chi connectivity index (χ3n) is 3.87. The summed E-state index contributed by atoms with van der Waals surface area (Å²) >= 11 is 0. The zero-order valence-electron chi connectivity index (χ0n) is 14.0. The first-order valence-corrected chi connectivity index (χ1v) is 7.69. The van der Waals surface area contributed by atoms with E-state index in [0.717, 1.165) is 16.8 Å². The minimum absolute atomic E-state index is 0.476. The molecule has 0 bridgehead atoms. The smallest absolute Gasteiger partial charge is 0.198 e. The van der Waals surface area contributed by atoms with Gasteiger partial charge in [-0.1, -0.05) is 0 Å². The average molecular weight is 336 g/mol. The van der Waals surface area contributed by atoms with Crippen LogP contribution in [-0.2, 0) is 0 Å². The van der Waals surface area contributed by atoms with E-state index < -0.39 is 0 Å². The number of ether oxygens (including phenoxy) is 2.